The van der Waals surface area contributed by atoms with Gasteiger partial charge in [0.1, 0.15) is 0 Å². The molecule has 3 heteroatoms. The first-order valence-electron chi connectivity index (χ1n) is 7.89. The van der Waals surface area contributed by atoms with Gasteiger partial charge in [-0.1, -0.05) is 42.5 Å². The standard InChI is InChI=1S/C21H11NS2/c1-2-4-14-12(3-1)5-6-13-7-8-16-20(18(13)14)19-15-9-10-23-21(15)24-17(19)11-22-16/h1-11H. The molecule has 0 aliphatic heterocycles. The van der Waals surface area contributed by atoms with E-state index in [-0.39, 0.29) is 0 Å². The second-order valence-electron chi connectivity index (χ2n) is 6.07. The molecule has 0 spiro atoms. The van der Waals surface area contributed by atoms with Crippen LogP contribution < -0.4 is 0 Å². The molecule has 0 fully saturated rings. The molecule has 112 valence electrons. The number of hydrogen-bond acceptors (Lipinski definition) is 3. The Hall–Kier alpha value is -2.49. The Morgan fingerprint density at radius 1 is 0.708 bits per heavy atom. The summed E-state index contributed by atoms with van der Waals surface area (Å²) in [6.07, 6.45) is 2.03. The van der Waals surface area contributed by atoms with Crippen LogP contribution in [0.3, 0.4) is 0 Å². The SMILES string of the molecule is c1ccc2c(c1)ccc1ccc3ncc4sc5sccc5c4c3c12. The lowest BCUT2D eigenvalue weighted by molar-refractivity contribution is 1.46. The molecule has 3 aromatic carbocycles. The monoisotopic (exact) mass is 341 g/mol. The van der Waals surface area contributed by atoms with Crippen molar-refractivity contribution in [2.24, 2.45) is 0 Å². The van der Waals surface area contributed by atoms with Crippen molar-refractivity contribution in [2.75, 3.05) is 0 Å². The van der Waals surface area contributed by atoms with Gasteiger partial charge < -0.3 is 0 Å². The zero-order chi connectivity index (χ0) is 15.7. The number of aromatic nitrogens is 1. The number of pyridine rings is 1. The molecule has 0 aliphatic carbocycles. The van der Waals surface area contributed by atoms with E-state index < -0.39 is 0 Å². The van der Waals surface area contributed by atoms with Crippen molar-refractivity contribution in [3.63, 3.8) is 0 Å². The third-order valence-electron chi connectivity index (χ3n) is 4.81. The number of rotatable bonds is 0. The smallest absolute Gasteiger partial charge is 0.0878 e. The Bertz CT molecular complexity index is 1390. The molecule has 0 bridgehead atoms. The third-order valence-corrected chi connectivity index (χ3v) is 6.99. The minimum absolute atomic E-state index is 1.08. The van der Waals surface area contributed by atoms with E-state index in [2.05, 4.69) is 60.0 Å². The van der Waals surface area contributed by atoms with Crippen molar-refractivity contribution in [1.82, 2.24) is 4.98 Å². The van der Waals surface area contributed by atoms with Gasteiger partial charge in [-0.3, -0.25) is 4.98 Å². The van der Waals surface area contributed by atoms with E-state index in [0.29, 0.717) is 0 Å². The highest BCUT2D eigenvalue weighted by atomic mass is 32.2. The molecule has 6 aromatic rings. The van der Waals surface area contributed by atoms with Crippen molar-refractivity contribution in [3.8, 4) is 0 Å². The topological polar surface area (TPSA) is 12.9 Å². The molecule has 3 heterocycles. The van der Waals surface area contributed by atoms with Gasteiger partial charge in [0.05, 0.1) is 14.2 Å². The van der Waals surface area contributed by atoms with E-state index in [4.69, 9.17) is 4.98 Å². The molecular formula is C21H11NS2. The Kier molecular flexibility index (Phi) is 2.43. The molecule has 0 saturated heterocycles. The number of hydrogen-bond donors (Lipinski definition) is 0. The molecule has 0 unspecified atom stereocenters. The average molecular weight is 341 g/mol. The van der Waals surface area contributed by atoms with E-state index >= 15 is 0 Å². The lowest BCUT2D eigenvalue weighted by Crippen LogP contribution is -1.84. The van der Waals surface area contributed by atoms with E-state index in [1.54, 1.807) is 0 Å². The van der Waals surface area contributed by atoms with E-state index in [1.807, 2.05) is 28.9 Å². The Morgan fingerprint density at radius 2 is 1.58 bits per heavy atom. The van der Waals surface area contributed by atoms with Crippen LogP contribution >= 0.6 is 22.7 Å². The second kappa shape index (κ2) is 4.53. The molecule has 0 radical (unpaired) electrons. The van der Waals surface area contributed by atoms with Gasteiger partial charge in [-0.05, 0) is 39.1 Å². The molecular weight excluding hydrogens is 330 g/mol. The maximum Gasteiger partial charge on any atom is 0.0878 e. The van der Waals surface area contributed by atoms with Crippen LogP contribution in [-0.2, 0) is 0 Å². The Morgan fingerprint density at radius 3 is 2.58 bits per heavy atom. The van der Waals surface area contributed by atoms with Crippen molar-refractivity contribution < 1.29 is 0 Å². The van der Waals surface area contributed by atoms with Gasteiger partial charge in [0.15, 0.2) is 0 Å². The van der Waals surface area contributed by atoms with Gasteiger partial charge in [0.2, 0.25) is 0 Å². The van der Waals surface area contributed by atoms with Gasteiger partial charge >= 0.3 is 0 Å². The van der Waals surface area contributed by atoms with Crippen molar-refractivity contribution >= 4 is 74.6 Å². The molecule has 24 heavy (non-hydrogen) atoms. The summed E-state index contributed by atoms with van der Waals surface area (Å²) < 4.78 is 2.67. The predicted molar refractivity (Wildman–Crippen MR) is 108 cm³/mol. The summed E-state index contributed by atoms with van der Waals surface area (Å²) in [4.78, 5) is 4.76. The van der Waals surface area contributed by atoms with Crippen LogP contribution in [0.25, 0.3) is 51.9 Å². The van der Waals surface area contributed by atoms with Crippen molar-refractivity contribution in [3.05, 3.63) is 66.2 Å². The summed E-state index contributed by atoms with van der Waals surface area (Å²) in [6.45, 7) is 0. The van der Waals surface area contributed by atoms with Crippen LogP contribution in [0.2, 0.25) is 0 Å². The molecule has 0 atom stereocenters. The summed E-state index contributed by atoms with van der Waals surface area (Å²) in [5, 5.41) is 11.4. The normalized spacial score (nSPS) is 12.2. The summed E-state index contributed by atoms with van der Waals surface area (Å²) in [6, 6.07) is 19.7. The summed E-state index contributed by atoms with van der Waals surface area (Å²) >= 11 is 3.67. The number of fused-ring (bicyclic) bond motifs is 9. The quantitative estimate of drug-likeness (QED) is 0.272. The fourth-order valence-corrected chi connectivity index (χ4v) is 5.92. The predicted octanol–water partition coefficient (Wildman–Crippen LogP) is 6.97. The highest BCUT2D eigenvalue weighted by Crippen LogP contribution is 2.43. The van der Waals surface area contributed by atoms with Crippen molar-refractivity contribution in [2.45, 2.75) is 0 Å². The summed E-state index contributed by atoms with van der Waals surface area (Å²) in [5.41, 5.74) is 1.08. The first-order valence-corrected chi connectivity index (χ1v) is 9.59. The number of thiophene rings is 2. The highest BCUT2D eigenvalue weighted by molar-refractivity contribution is 7.41. The van der Waals surface area contributed by atoms with Gasteiger partial charge in [-0.2, -0.15) is 0 Å². The lowest BCUT2D eigenvalue weighted by Gasteiger charge is -2.09. The fourth-order valence-electron chi connectivity index (χ4n) is 3.77. The van der Waals surface area contributed by atoms with Gasteiger partial charge in [0, 0.05) is 22.4 Å². The molecule has 0 N–H and O–H groups in total. The first-order chi connectivity index (χ1) is 11.9. The Balaban J connectivity index is 2.04. The second-order valence-corrected chi connectivity index (χ2v) is 8.29. The first kappa shape index (κ1) is 12.9. The molecule has 0 amide bonds. The van der Waals surface area contributed by atoms with Crippen LogP contribution in [0, 0.1) is 0 Å². The van der Waals surface area contributed by atoms with E-state index in [9.17, 15) is 0 Å². The molecule has 0 saturated carbocycles. The van der Waals surface area contributed by atoms with Crippen LogP contribution in [0.1, 0.15) is 0 Å². The van der Waals surface area contributed by atoms with Gasteiger partial charge in [-0.15, -0.1) is 22.7 Å². The summed E-state index contributed by atoms with van der Waals surface area (Å²) in [7, 11) is 0. The fraction of sp³-hybridized carbons (Fsp3) is 0. The average Bonchev–Trinajstić information content (AvgIpc) is 3.21. The number of nitrogens with zero attached hydrogens (tertiary/aromatic N) is 1. The minimum atomic E-state index is 1.08. The van der Waals surface area contributed by atoms with Crippen LogP contribution in [0.15, 0.2) is 66.2 Å². The van der Waals surface area contributed by atoms with E-state index in [1.165, 1.54) is 46.4 Å². The largest absolute Gasteiger partial charge is 0.255 e. The molecule has 0 aliphatic rings. The third kappa shape index (κ3) is 1.56. The van der Waals surface area contributed by atoms with E-state index in [0.717, 1.165) is 5.52 Å². The number of benzene rings is 3. The van der Waals surface area contributed by atoms with Crippen molar-refractivity contribution in [1.29, 1.82) is 0 Å². The lowest BCUT2D eigenvalue weighted by atomic mass is 9.96. The Labute approximate surface area is 145 Å². The van der Waals surface area contributed by atoms with Gasteiger partial charge in [0.25, 0.3) is 0 Å². The zero-order valence-corrected chi connectivity index (χ0v) is 14.2. The summed E-state index contributed by atoms with van der Waals surface area (Å²) in [5.74, 6) is 0. The maximum absolute atomic E-state index is 4.76. The minimum Gasteiger partial charge on any atom is -0.255 e. The zero-order valence-electron chi connectivity index (χ0n) is 12.6. The van der Waals surface area contributed by atoms with Crippen LogP contribution in [0.5, 0.6) is 0 Å². The molecule has 6 rings (SSSR count). The highest BCUT2D eigenvalue weighted by Gasteiger charge is 2.14. The molecule has 3 aromatic heterocycles. The maximum atomic E-state index is 4.76. The van der Waals surface area contributed by atoms with Crippen LogP contribution in [0.4, 0.5) is 0 Å². The molecule has 1 nitrogen and oxygen atoms in total. The van der Waals surface area contributed by atoms with Gasteiger partial charge in [-0.25, -0.2) is 0 Å². The van der Waals surface area contributed by atoms with Crippen LogP contribution in [-0.4, -0.2) is 4.98 Å².